The van der Waals surface area contributed by atoms with E-state index in [4.69, 9.17) is 0 Å². The first kappa shape index (κ1) is 15.8. The molecule has 0 fully saturated rings. The summed E-state index contributed by atoms with van der Waals surface area (Å²) in [6.45, 7) is 7.47. The molecule has 1 aromatic heterocycles. The highest BCUT2D eigenvalue weighted by Crippen LogP contribution is 2.24. The number of nitrogens with one attached hydrogen (secondary N) is 1. The summed E-state index contributed by atoms with van der Waals surface area (Å²) >= 11 is 0. The number of benzene rings is 1. The smallest absolute Gasteiger partial charge is 0.0748 e. The van der Waals surface area contributed by atoms with Crippen LogP contribution in [0.4, 0.5) is 0 Å². The summed E-state index contributed by atoms with van der Waals surface area (Å²) in [6.07, 6.45) is 3.29. The number of aromatic nitrogens is 2. The molecule has 0 aliphatic heterocycles. The van der Waals surface area contributed by atoms with Gasteiger partial charge < -0.3 is 5.32 Å². The first-order valence-corrected chi connectivity index (χ1v) is 8.04. The van der Waals surface area contributed by atoms with Gasteiger partial charge in [-0.15, -0.1) is 0 Å². The number of nitrogens with zero attached hydrogens (tertiary/aromatic N) is 2. The zero-order valence-corrected chi connectivity index (χ0v) is 13.7. The maximum absolute atomic E-state index is 4.59. The summed E-state index contributed by atoms with van der Waals surface area (Å²) in [5, 5.41) is 8.20. The Balaban J connectivity index is 2.37. The van der Waals surface area contributed by atoms with Crippen molar-refractivity contribution in [1.82, 2.24) is 15.1 Å². The molecule has 0 radical (unpaired) electrons. The van der Waals surface area contributed by atoms with Crippen LogP contribution in [0, 0.1) is 0 Å². The average Bonchev–Trinajstić information content (AvgIpc) is 2.86. The van der Waals surface area contributed by atoms with Gasteiger partial charge in [0.2, 0.25) is 0 Å². The number of aryl methyl sites for hydroxylation is 3. The van der Waals surface area contributed by atoms with Crippen LogP contribution in [-0.4, -0.2) is 16.3 Å². The SMILES string of the molecule is CCCc1cccc(C(NCC)c2cc(CC)nn2C)c1. The van der Waals surface area contributed by atoms with Crippen molar-refractivity contribution in [3.63, 3.8) is 0 Å². The predicted octanol–water partition coefficient (Wildman–Crippen LogP) is 3.63. The molecule has 114 valence electrons. The number of rotatable bonds is 7. The molecule has 0 saturated carbocycles. The van der Waals surface area contributed by atoms with E-state index in [9.17, 15) is 0 Å². The average molecular weight is 285 g/mol. The fourth-order valence-electron chi connectivity index (χ4n) is 2.80. The summed E-state index contributed by atoms with van der Waals surface area (Å²) in [5.74, 6) is 0. The highest BCUT2D eigenvalue weighted by atomic mass is 15.3. The van der Waals surface area contributed by atoms with E-state index in [1.54, 1.807) is 0 Å². The van der Waals surface area contributed by atoms with Gasteiger partial charge in [-0.25, -0.2) is 0 Å². The third kappa shape index (κ3) is 3.73. The molecule has 1 N–H and O–H groups in total. The first-order chi connectivity index (χ1) is 10.2. The van der Waals surface area contributed by atoms with E-state index in [-0.39, 0.29) is 6.04 Å². The maximum Gasteiger partial charge on any atom is 0.0748 e. The molecule has 1 aromatic carbocycles. The molecule has 1 heterocycles. The maximum atomic E-state index is 4.59. The minimum absolute atomic E-state index is 0.213. The Bertz CT molecular complexity index is 572. The fraction of sp³-hybridized carbons (Fsp3) is 0.500. The van der Waals surface area contributed by atoms with Crippen LogP contribution in [0.15, 0.2) is 30.3 Å². The normalized spacial score (nSPS) is 12.6. The molecular formula is C18H27N3. The standard InChI is InChI=1S/C18H27N3/c1-5-9-14-10-8-11-15(12-14)18(19-7-3)17-13-16(6-2)20-21(17)4/h8,10-13,18-19H,5-7,9H2,1-4H3. The lowest BCUT2D eigenvalue weighted by molar-refractivity contribution is 0.571. The molecule has 2 rings (SSSR count). The van der Waals surface area contributed by atoms with E-state index in [0.29, 0.717) is 0 Å². The van der Waals surface area contributed by atoms with Crippen LogP contribution in [-0.2, 0) is 19.9 Å². The van der Waals surface area contributed by atoms with Gasteiger partial charge in [0.1, 0.15) is 0 Å². The number of hydrogen-bond acceptors (Lipinski definition) is 2. The Kier molecular flexibility index (Phi) is 5.57. The van der Waals surface area contributed by atoms with Crippen LogP contribution in [0.2, 0.25) is 0 Å². The second kappa shape index (κ2) is 7.41. The molecule has 1 unspecified atom stereocenters. The Morgan fingerprint density at radius 1 is 1.19 bits per heavy atom. The van der Waals surface area contributed by atoms with Gasteiger partial charge in [0.05, 0.1) is 17.4 Å². The van der Waals surface area contributed by atoms with Crippen LogP contribution in [0.3, 0.4) is 0 Å². The van der Waals surface area contributed by atoms with Gasteiger partial charge in [-0.2, -0.15) is 5.10 Å². The quantitative estimate of drug-likeness (QED) is 0.842. The Hall–Kier alpha value is -1.61. The van der Waals surface area contributed by atoms with Crippen LogP contribution < -0.4 is 5.32 Å². The van der Waals surface area contributed by atoms with Crippen molar-refractivity contribution in [3.8, 4) is 0 Å². The molecule has 21 heavy (non-hydrogen) atoms. The first-order valence-electron chi connectivity index (χ1n) is 8.04. The molecular weight excluding hydrogens is 258 g/mol. The molecule has 0 amide bonds. The van der Waals surface area contributed by atoms with Crippen molar-refractivity contribution in [3.05, 3.63) is 52.8 Å². The van der Waals surface area contributed by atoms with Gasteiger partial charge in [-0.05, 0) is 36.6 Å². The second-order valence-corrected chi connectivity index (χ2v) is 5.52. The second-order valence-electron chi connectivity index (χ2n) is 5.52. The Morgan fingerprint density at radius 2 is 2.00 bits per heavy atom. The van der Waals surface area contributed by atoms with Gasteiger partial charge in [-0.3, -0.25) is 4.68 Å². The molecule has 0 spiro atoms. The van der Waals surface area contributed by atoms with Crippen LogP contribution in [0.5, 0.6) is 0 Å². The van der Waals surface area contributed by atoms with Crippen molar-refractivity contribution in [2.45, 2.75) is 46.1 Å². The van der Waals surface area contributed by atoms with Crippen molar-refractivity contribution in [2.75, 3.05) is 6.54 Å². The highest BCUT2D eigenvalue weighted by Gasteiger charge is 2.18. The predicted molar refractivity (Wildman–Crippen MR) is 88.5 cm³/mol. The van der Waals surface area contributed by atoms with E-state index >= 15 is 0 Å². The lowest BCUT2D eigenvalue weighted by Crippen LogP contribution is -2.24. The summed E-state index contributed by atoms with van der Waals surface area (Å²) < 4.78 is 2.01. The minimum Gasteiger partial charge on any atom is -0.305 e. The third-order valence-corrected chi connectivity index (χ3v) is 3.86. The largest absolute Gasteiger partial charge is 0.305 e. The van der Waals surface area contributed by atoms with Crippen molar-refractivity contribution >= 4 is 0 Å². The Labute approximate surface area is 128 Å². The molecule has 0 saturated heterocycles. The zero-order chi connectivity index (χ0) is 15.2. The van der Waals surface area contributed by atoms with Gasteiger partial charge in [0.25, 0.3) is 0 Å². The Morgan fingerprint density at radius 3 is 2.62 bits per heavy atom. The highest BCUT2D eigenvalue weighted by molar-refractivity contribution is 5.32. The lowest BCUT2D eigenvalue weighted by atomic mass is 9.99. The van der Waals surface area contributed by atoms with E-state index in [1.807, 2.05) is 11.7 Å². The van der Waals surface area contributed by atoms with E-state index in [0.717, 1.165) is 25.1 Å². The van der Waals surface area contributed by atoms with Crippen LogP contribution in [0.25, 0.3) is 0 Å². The molecule has 0 aliphatic rings. The minimum atomic E-state index is 0.213. The van der Waals surface area contributed by atoms with Crippen molar-refractivity contribution < 1.29 is 0 Å². The molecule has 3 nitrogen and oxygen atoms in total. The molecule has 1 atom stereocenters. The summed E-state index contributed by atoms with van der Waals surface area (Å²) in [4.78, 5) is 0. The fourth-order valence-corrected chi connectivity index (χ4v) is 2.80. The van der Waals surface area contributed by atoms with Gasteiger partial charge in [-0.1, -0.05) is 51.5 Å². The number of hydrogen-bond donors (Lipinski definition) is 1. The van der Waals surface area contributed by atoms with E-state index in [2.05, 4.69) is 61.5 Å². The molecule has 2 aromatic rings. The van der Waals surface area contributed by atoms with Crippen molar-refractivity contribution in [2.24, 2.45) is 7.05 Å². The van der Waals surface area contributed by atoms with Crippen molar-refractivity contribution in [1.29, 1.82) is 0 Å². The van der Waals surface area contributed by atoms with Crippen LogP contribution >= 0.6 is 0 Å². The third-order valence-electron chi connectivity index (χ3n) is 3.86. The van der Waals surface area contributed by atoms with Crippen LogP contribution in [0.1, 0.15) is 55.7 Å². The van der Waals surface area contributed by atoms with E-state index in [1.165, 1.54) is 23.2 Å². The van der Waals surface area contributed by atoms with Gasteiger partial charge in [0.15, 0.2) is 0 Å². The summed E-state index contributed by atoms with van der Waals surface area (Å²) in [7, 11) is 2.04. The van der Waals surface area contributed by atoms with E-state index < -0.39 is 0 Å². The molecule has 0 bridgehead atoms. The lowest BCUT2D eigenvalue weighted by Gasteiger charge is -2.19. The molecule has 0 aliphatic carbocycles. The monoisotopic (exact) mass is 285 g/mol. The zero-order valence-electron chi connectivity index (χ0n) is 13.7. The van der Waals surface area contributed by atoms with Gasteiger partial charge >= 0.3 is 0 Å². The summed E-state index contributed by atoms with van der Waals surface area (Å²) in [5.41, 5.74) is 5.13. The summed E-state index contributed by atoms with van der Waals surface area (Å²) in [6, 6.07) is 11.4. The molecule has 3 heteroatoms. The van der Waals surface area contributed by atoms with Gasteiger partial charge in [0, 0.05) is 7.05 Å². The topological polar surface area (TPSA) is 29.9 Å².